The van der Waals surface area contributed by atoms with Crippen molar-refractivity contribution in [1.29, 1.82) is 0 Å². The van der Waals surface area contributed by atoms with Gasteiger partial charge in [0, 0.05) is 18.3 Å². The third-order valence-corrected chi connectivity index (χ3v) is 5.60. The predicted molar refractivity (Wildman–Crippen MR) is 196 cm³/mol. The highest BCUT2D eigenvalue weighted by Gasteiger charge is 2.33. The summed E-state index contributed by atoms with van der Waals surface area (Å²) in [6, 6.07) is 9.87. The maximum Gasteiger partial charge on any atom is 0.220 e. The van der Waals surface area contributed by atoms with Gasteiger partial charge in [-0.3, -0.25) is 14.4 Å². The van der Waals surface area contributed by atoms with Gasteiger partial charge in [0.1, 0.15) is 5.78 Å². The molecule has 0 saturated heterocycles. The highest BCUT2D eigenvalue weighted by atomic mass is 16.2. The average molecular weight is 606 g/mol. The van der Waals surface area contributed by atoms with Crippen molar-refractivity contribution in [2.45, 2.75) is 137 Å². The zero-order valence-corrected chi connectivity index (χ0v) is 32.0. The quantitative estimate of drug-likeness (QED) is 0.314. The van der Waals surface area contributed by atoms with Gasteiger partial charge >= 0.3 is 0 Å². The first-order valence-corrected chi connectivity index (χ1v) is 16.1. The van der Waals surface area contributed by atoms with Gasteiger partial charge in [-0.15, -0.1) is 26.3 Å². The van der Waals surface area contributed by atoms with Gasteiger partial charge in [0.05, 0.1) is 6.04 Å². The first-order chi connectivity index (χ1) is 19.7. The summed E-state index contributed by atoms with van der Waals surface area (Å²) in [5.41, 5.74) is 1.19. The predicted octanol–water partition coefficient (Wildman–Crippen LogP) is 11.3. The van der Waals surface area contributed by atoms with Gasteiger partial charge < -0.3 is 5.32 Å². The van der Waals surface area contributed by atoms with E-state index < -0.39 is 6.04 Å². The molecule has 43 heavy (non-hydrogen) atoms. The van der Waals surface area contributed by atoms with Crippen LogP contribution in [0.3, 0.4) is 0 Å². The molecule has 0 radical (unpaired) electrons. The molecule has 0 aliphatic heterocycles. The summed E-state index contributed by atoms with van der Waals surface area (Å²) in [6.45, 7) is 48.0. The molecule has 254 valence electrons. The van der Waals surface area contributed by atoms with Crippen LogP contribution in [0.25, 0.3) is 0 Å². The van der Waals surface area contributed by atoms with Gasteiger partial charge in [0.2, 0.25) is 5.91 Å². The van der Waals surface area contributed by atoms with E-state index in [1.54, 1.807) is 6.92 Å². The van der Waals surface area contributed by atoms with Crippen molar-refractivity contribution in [2.75, 3.05) is 0 Å². The lowest BCUT2D eigenvalue weighted by Gasteiger charge is -2.31. The van der Waals surface area contributed by atoms with Gasteiger partial charge in [-0.2, -0.15) is 0 Å². The van der Waals surface area contributed by atoms with Crippen LogP contribution >= 0.6 is 0 Å². The highest BCUT2D eigenvalue weighted by Crippen LogP contribution is 2.32. The van der Waals surface area contributed by atoms with E-state index in [-0.39, 0.29) is 34.4 Å². The lowest BCUT2D eigenvalue weighted by molar-refractivity contribution is -0.132. The van der Waals surface area contributed by atoms with Crippen molar-refractivity contribution in [3.8, 4) is 0 Å². The van der Waals surface area contributed by atoms with E-state index in [4.69, 9.17) is 0 Å². The summed E-state index contributed by atoms with van der Waals surface area (Å²) in [5.74, 6) is 1.29. The summed E-state index contributed by atoms with van der Waals surface area (Å²) in [5, 5.41) is 2.88. The summed E-state index contributed by atoms with van der Waals surface area (Å²) < 4.78 is 0. The fourth-order valence-electron chi connectivity index (χ4n) is 4.25. The van der Waals surface area contributed by atoms with Gasteiger partial charge in [-0.1, -0.05) is 147 Å². The number of aryl methyl sites for hydroxylation is 1. The lowest BCUT2D eigenvalue weighted by Crippen LogP contribution is -2.50. The number of hydrogen-bond acceptors (Lipinski definition) is 3. The number of ketones is 2. The molecule has 0 heterocycles. The summed E-state index contributed by atoms with van der Waals surface area (Å²) >= 11 is 0. The number of nitrogens with one attached hydrogen (secondary N) is 1. The SMILES string of the molecule is C=C.C=C.CC.CC.CC(=O)C(C(C)C)C(C)(C)C.CC(C)CC(=O)NC(C(=O)C(C)C)C(C)(C)C.Cc1ccccc1. The Balaban J connectivity index is -0.000000113. The lowest BCUT2D eigenvalue weighted by atomic mass is 9.72. The minimum atomic E-state index is -0.395. The second kappa shape index (κ2) is 31.0. The van der Waals surface area contributed by atoms with Crippen LogP contribution in [-0.4, -0.2) is 23.5 Å². The van der Waals surface area contributed by atoms with Crippen molar-refractivity contribution in [2.24, 2.45) is 34.5 Å². The molecule has 0 bridgehead atoms. The Hall–Kier alpha value is -2.49. The molecular weight excluding hydrogens is 530 g/mol. The first kappa shape index (κ1) is 53.1. The van der Waals surface area contributed by atoms with E-state index >= 15 is 0 Å². The Kier molecular flexibility index (Phi) is 38.2. The summed E-state index contributed by atoms with van der Waals surface area (Å²) in [4.78, 5) is 35.1. The number of benzene rings is 1. The molecule has 0 aromatic heterocycles. The van der Waals surface area contributed by atoms with E-state index in [1.165, 1.54) is 5.56 Å². The van der Waals surface area contributed by atoms with E-state index in [9.17, 15) is 14.4 Å². The van der Waals surface area contributed by atoms with Crippen molar-refractivity contribution in [3.05, 3.63) is 62.2 Å². The average Bonchev–Trinajstić information content (AvgIpc) is 2.90. The Bertz CT molecular complexity index is 779. The van der Waals surface area contributed by atoms with Crippen LogP contribution < -0.4 is 5.32 Å². The van der Waals surface area contributed by atoms with Crippen molar-refractivity contribution >= 4 is 17.5 Å². The second-order valence-electron chi connectivity index (χ2n) is 12.9. The molecule has 0 fully saturated rings. The van der Waals surface area contributed by atoms with Crippen molar-refractivity contribution < 1.29 is 14.4 Å². The fourth-order valence-corrected chi connectivity index (χ4v) is 4.25. The van der Waals surface area contributed by atoms with Crippen LogP contribution in [0.1, 0.15) is 130 Å². The van der Waals surface area contributed by atoms with E-state index in [2.05, 4.69) is 85.3 Å². The minimum Gasteiger partial charge on any atom is -0.346 e. The molecule has 0 aliphatic rings. The molecule has 2 unspecified atom stereocenters. The van der Waals surface area contributed by atoms with Crippen LogP contribution in [0, 0.1) is 41.4 Å². The smallest absolute Gasteiger partial charge is 0.220 e. The topological polar surface area (TPSA) is 63.2 Å². The molecule has 4 nitrogen and oxygen atoms in total. The monoisotopic (exact) mass is 606 g/mol. The normalized spacial score (nSPS) is 11.3. The van der Waals surface area contributed by atoms with Gasteiger partial charge in [0.25, 0.3) is 0 Å². The van der Waals surface area contributed by atoms with Gasteiger partial charge in [0.15, 0.2) is 5.78 Å². The second-order valence-corrected chi connectivity index (χ2v) is 12.9. The molecule has 1 rings (SSSR count). The zero-order valence-electron chi connectivity index (χ0n) is 32.0. The van der Waals surface area contributed by atoms with Crippen LogP contribution in [0.4, 0.5) is 0 Å². The Labute approximate surface area is 270 Å². The maximum absolute atomic E-state index is 12.1. The molecule has 0 spiro atoms. The van der Waals surface area contributed by atoms with Crippen molar-refractivity contribution in [3.63, 3.8) is 0 Å². The molecule has 1 N–H and O–H groups in total. The number of carbonyl (C=O) groups excluding carboxylic acids is 3. The maximum atomic E-state index is 12.1. The van der Waals surface area contributed by atoms with Crippen molar-refractivity contribution in [1.82, 2.24) is 5.32 Å². The third kappa shape index (κ3) is 32.3. The fraction of sp³-hybridized carbons (Fsp3) is 0.667. The molecule has 1 amide bonds. The minimum absolute atomic E-state index is 0.0334. The zero-order chi connectivity index (χ0) is 36.1. The molecular formula is C39H75NO3. The molecule has 0 aliphatic carbocycles. The van der Waals surface area contributed by atoms with Crippen LogP contribution in [-0.2, 0) is 14.4 Å². The number of Topliss-reactive ketones (excluding diaryl/α,β-unsaturated/α-hetero) is 2. The summed E-state index contributed by atoms with van der Waals surface area (Å²) in [7, 11) is 0. The number of hydrogen-bond donors (Lipinski definition) is 1. The van der Waals surface area contributed by atoms with E-state index in [0.29, 0.717) is 24.0 Å². The third-order valence-electron chi connectivity index (χ3n) is 5.60. The number of carbonyl (C=O) groups is 3. The Morgan fingerprint density at radius 3 is 1.26 bits per heavy atom. The number of amides is 1. The molecule has 1 aromatic carbocycles. The standard InChI is InChI=1S/C14H27NO2.C10H20O.C7H8.2C2H6.2C2H4/c1-9(2)8-11(16)15-13(14(5,6)7)12(17)10(3)4;1-7(2)9(8(3)11)10(4,5)6;1-7-5-3-2-4-6-7;4*1-2/h9-10,13H,8H2,1-7H3,(H,15,16);7,9H,1-6H3;2-6H,1H3;2*1-2H3;2*1-2H2. The highest BCUT2D eigenvalue weighted by molar-refractivity contribution is 5.90. The van der Waals surface area contributed by atoms with E-state index in [1.807, 2.05) is 94.4 Å². The molecule has 2 atom stereocenters. The largest absolute Gasteiger partial charge is 0.346 e. The molecule has 0 saturated carbocycles. The van der Waals surface area contributed by atoms with Crippen LogP contribution in [0.2, 0.25) is 0 Å². The van der Waals surface area contributed by atoms with Crippen LogP contribution in [0.5, 0.6) is 0 Å². The number of rotatable bonds is 7. The van der Waals surface area contributed by atoms with Gasteiger partial charge in [-0.25, -0.2) is 0 Å². The Morgan fingerprint density at radius 2 is 1.09 bits per heavy atom. The van der Waals surface area contributed by atoms with Gasteiger partial charge in [-0.05, 0) is 36.5 Å². The first-order valence-electron chi connectivity index (χ1n) is 16.1. The molecule has 1 aromatic rings. The van der Waals surface area contributed by atoms with Crippen LogP contribution in [0.15, 0.2) is 56.6 Å². The Morgan fingerprint density at radius 1 is 0.721 bits per heavy atom. The molecule has 4 heteroatoms. The summed E-state index contributed by atoms with van der Waals surface area (Å²) in [6.07, 6.45) is 0.470. The van der Waals surface area contributed by atoms with E-state index in [0.717, 1.165) is 0 Å².